The van der Waals surface area contributed by atoms with Crippen molar-refractivity contribution in [3.05, 3.63) is 77.1 Å². The fourth-order valence-corrected chi connectivity index (χ4v) is 2.87. The third-order valence-corrected chi connectivity index (χ3v) is 4.27. The molecule has 3 aromatic heterocycles. The van der Waals surface area contributed by atoms with Gasteiger partial charge in [-0.1, -0.05) is 0 Å². The summed E-state index contributed by atoms with van der Waals surface area (Å²) in [6.45, 7) is -1.23. The summed E-state index contributed by atoms with van der Waals surface area (Å²) in [7, 11) is -4.67. The Kier molecular flexibility index (Phi) is 7.81. The second-order valence-electron chi connectivity index (χ2n) is 6.97. The molecule has 0 aliphatic heterocycles. The van der Waals surface area contributed by atoms with Crippen LogP contribution in [0.25, 0.3) is 28.2 Å². The minimum Gasteiger partial charge on any atom is -0.361 e. The number of rotatable bonds is 5. The highest BCUT2D eigenvalue weighted by atomic mass is 32.3. The lowest BCUT2D eigenvalue weighted by Crippen LogP contribution is -2.21. The van der Waals surface area contributed by atoms with Gasteiger partial charge in [0.25, 0.3) is 5.56 Å². The van der Waals surface area contributed by atoms with Gasteiger partial charge in [0.05, 0.1) is 0 Å². The van der Waals surface area contributed by atoms with Crippen LogP contribution >= 0.6 is 0 Å². The zero-order valence-electron chi connectivity index (χ0n) is 17.8. The number of H-pyrrole nitrogens is 1. The van der Waals surface area contributed by atoms with E-state index in [1.54, 1.807) is 12.3 Å². The van der Waals surface area contributed by atoms with Crippen LogP contribution in [-0.2, 0) is 10.4 Å². The van der Waals surface area contributed by atoms with E-state index in [0.29, 0.717) is 28.2 Å². The number of aromatic nitrogens is 5. The van der Waals surface area contributed by atoms with Gasteiger partial charge in [-0.2, -0.15) is 31.8 Å². The highest BCUT2D eigenvalue weighted by Gasteiger charge is 2.27. The second-order valence-corrected chi connectivity index (χ2v) is 7.86. The zero-order chi connectivity index (χ0) is 26.5. The number of hydrogen-bond acceptors (Lipinski definition) is 7. The average Bonchev–Trinajstić information content (AvgIpc) is 3.23. The summed E-state index contributed by atoms with van der Waals surface area (Å²) in [5.74, 6) is -0.0666. The summed E-state index contributed by atoms with van der Waals surface area (Å²) in [6, 6.07) is 11.5. The van der Waals surface area contributed by atoms with Crippen molar-refractivity contribution in [1.29, 1.82) is 0 Å². The third kappa shape index (κ3) is 7.97. The first-order valence-electron chi connectivity index (χ1n) is 9.67. The van der Waals surface area contributed by atoms with Gasteiger partial charge in [0.2, 0.25) is 0 Å². The van der Waals surface area contributed by atoms with E-state index in [9.17, 15) is 22.4 Å². The molecule has 0 atom stereocenters. The van der Waals surface area contributed by atoms with E-state index in [2.05, 4.69) is 25.6 Å². The molecular formula is C20H16F4N6O5S. The van der Waals surface area contributed by atoms with Gasteiger partial charge in [-0.3, -0.25) is 13.9 Å². The fourth-order valence-electron chi connectivity index (χ4n) is 2.87. The Morgan fingerprint density at radius 2 is 1.69 bits per heavy atom. The molecule has 0 aliphatic rings. The molecule has 0 radical (unpaired) electrons. The van der Waals surface area contributed by atoms with Crippen LogP contribution in [0.4, 0.5) is 23.4 Å². The summed E-state index contributed by atoms with van der Waals surface area (Å²) in [6.07, 6.45) is -1.40. The average molecular weight is 528 g/mol. The van der Waals surface area contributed by atoms with E-state index in [0.717, 1.165) is 0 Å². The standard InChI is InChI=1S/C20H14F4N6O.H2O4S/c21-14-3-1-12(2-4-14)19-15(10-30(29-19)17-5-6-18(31)28-27-17)13-7-8-25-16(9-13)26-11-20(22,23)24;1-5(2,3)4/h1-10H,11H2,(H,25,26)(H,28,31);(H2,1,2,3,4). The Bertz CT molecular complexity index is 1480. The van der Waals surface area contributed by atoms with Crippen LogP contribution in [0.2, 0.25) is 0 Å². The van der Waals surface area contributed by atoms with Gasteiger partial charge in [-0.05, 0) is 48.0 Å². The van der Waals surface area contributed by atoms with Gasteiger partial charge in [0, 0.05) is 29.6 Å². The van der Waals surface area contributed by atoms with Gasteiger partial charge in [0.1, 0.15) is 23.9 Å². The monoisotopic (exact) mass is 528 g/mol. The molecule has 4 N–H and O–H groups in total. The maximum atomic E-state index is 13.4. The molecule has 190 valence electrons. The number of benzene rings is 1. The Hall–Kier alpha value is -4.15. The smallest absolute Gasteiger partial charge is 0.361 e. The molecule has 0 spiro atoms. The van der Waals surface area contributed by atoms with Crippen molar-refractivity contribution in [3.8, 4) is 28.2 Å². The predicted octanol–water partition coefficient (Wildman–Crippen LogP) is 3.15. The molecule has 0 unspecified atom stereocenters. The molecule has 0 fully saturated rings. The molecule has 11 nitrogen and oxygen atoms in total. The van der Waals surface area contributed by atoms with Crippen LogP contribution in [0, 0.1) is 5.82 Å². The van der Waals surface area contributed by atoms with Crippen molar-refractivity contribution in [1.82, 2.24) is 25.0 Å². The Labute approximate surface area is 200 Å². The van der Waals surface area contributed by atoms with Crippen molar-refractivity contribution in [2.75, 3.05) is 11.9 Å². The number of hydrogen-bond donors (Lipinski definition) is 4. The molecule has 0 amide bonds. The number of anilines is 1. The third-order valence-electron chi connectivity index (χ3n) is 4.27. The quantitative estimate of drug-likeness (QED) is 0.225. The van der Waals surface area contributed by atoms with E-state index in [1.165, 1.54) is 53.3 Å². The molecule has 3 heterocycles. The van der Waals surface area contributed by atoms with Gasteiger partial charge >= 0.3 is 16.6 Å². The number of nitrogens with one attached hydrogen (secondary N) is 2. The molecule has 0 aliphatic carbocycles. The number of aromatic amines is 1. The summed E-state index contributed by atoms with van der Waals surface area (Å²) >= 11 is 0. The molecule has 0 saturated heterocycles. The Morgan fingerprint density at radius 1 is 1.03 bits per heavy atom. The lowest BCUT2D eigenvalue weighted by Gasteiger charge is -2.10. The first kappa shape index (κ1) is 26.5. The van der Waals surface area contributed by atoms with Gasteiger partial charge < -0.3 is 5.32 Å². The number of alkyl halides is 3. The van der Waals surface area contributed by atoms with Crippen LogP contribution in [0.3, 0.4) is 0 Å². The number of halogens is 4. The minimum absolute atomic E-state index is 0.0368. The summed E-state index contributed by atoms with van der Waals surface area (Å²) in [4.78, 5) is 15.2. The van der Waals surface area contributed by atoms with Crippen LogP contribution in [-0.4, -0.2) is 55.2 Å². The van der Waals surface area contributed by atoms with E-state index in [4.69, 9.17) is 17.5 Å². The van der Waals surface area contributed by atoms with Crippen molar-refractivity contribution in [2.24, 2.45) is 0 Å². The normalized spacial score (nSPS) is 11.5. The zero-order valence-corrected chi connectivity index (χ0v) is 18.6. The van der Waals surface area contributed by atoms with Gasteiger partial charge in [-0.15, -0.1) is 0 Å². The molecule has 4 rings (SSSR count). The van der Waals surface area contributed by atoms with Gasteiger partial charge in [0.15, 0.2) is 5.82 Å². The molecular weight excluding hydrogens is 512 g/mol. The SMILES string of the molecule is O=S(=O)(O)O.O=c1ccc(-n2cc(-c3ccnc(NCC(F)(F)F)c3)c(-c3ccc(F)cc3)n2)n[nH]1. The lowest BCUT2D eigenvalue weighted by molar-refractivity contribution is -0.115. The fraction of sp³-hybridized carbons (Fsp3) is 0.100. The van der Waals surface area contributed by atoms with Crippen molar-refractivity contribution in [3.63, 3.8) is 0 Å². The second kappa shape index (κ2) is 10.6. The topological polar surface area (TPSA) is 163 Å². The minimum atomic E-state index is -4.67. The van der Waals surface area contributed by atoms with Crippen LogP contribution < -0.4 is 10.9 Å². The molecule has 0 saturated carbocycles. The largest absolute Gasteiger partial charge is 0.405 e. The number of pyridine rings is 1. The highest BCUT2D eigenvalue weighted by molar-refractivity contribution is 7.79. The summed E-state index contributed by atoms with van der Waals surface area (Å²) in [5, 5.41) is 13.0. The van der Waals surface area contributed by atoms with Crippen molar-refractivity contribution >= 4 is 16.2 Å². The first-order valence-corrected chi connectivity index (χ1v) is 11.1. The van der Waals surface area contributed by atoms with Crippen molar-refractivity contribution in [2.45, 2.75) is 6.18 Å². The Balaban J connectivity index is 0.000000658. The van der Waals surface area contributed by atoms with E-state index in [-0.39, 0.29) is 11.4 Å². The van der Waals surface area contributed by atoms with Crippen LogP contribution in [0.1, 0.15) is 0 Å². The van der Waals surface area contributed by atoms with Gasteiger partial charge in [-0.25, -0.2) is 19.2 Å². The molecule has 4 aromatic rings. The van der Waals surface area contributed by atoms with Crippen molar-refractivity contribution < 1.29 is 35.1 Å². The van der Waals surface area contributed by atoms with E-state index < -0.39 is 28.9 Å². The first-order chi connectivity index (χ1) is 16.8. The molecule has 36 heavy (non-hydrogen) atoms. The van der Waals surface area contributed by atoms with E-state index in [1.807, 2.05) is 0 Å². The maximum Gasteiger partial charge on any atom is 0.405 e. The summed E-state index contributed by atoms with van der Waals surface area (Å²) in [5.41, 5.74) is 1.73. The highest BCUT2D eigenvalue weighted by Crippen LogP contribution is 2.32. The summed E-state index contributed by atoms with van der Waals surface area (Å²) < 4.78 is 84.0. The van der Waals surface area contributed by atoms with Crippen LogP contribution in [0.15, 0.2) is 65.7 Å². The Morgan fingerprint density at radius 3 is 2.28 bits per heavy atom. The molecule has 1 aromatic carbocycles. The van der Waals surface area contributed by atoms with Crippen LogP contribution in [0.5, 0.6) is 0 Å². The molecule has 0 bridgehead atoms. The number of nitrogens with zero attached hydrogens (tertiary/aromatic N) is 4. The maximum absolute atomic E-state index is 13.4. The predicted molar refractivity (Wildman–Crippen MR) is 119 cm³/mol. The molecule has 16 heteroatoms. The van der Waals surface area contributed by atoms with E-state index >= 15 is 0 Å². The lowest BCUT2D eigenvalue weighted by atomic mass is 10.0.